The smallest absolute Gasteiger partial charge is 0.335 e. The van der Waals surface area contributed by atoms with Crippen LogP contribution in [0.4, 0.5) is 34.6 Å². The molecule has 0 aliphatic carbocycles. The van der Waals surface area contributed by atoms with Gasteiger partial charge in [0.25, 0.3) is 20.0 Å². The summed E-state index contributed by atoms with van der Waals surface area (Å²) in [5, 5.41) is 25.1. The third-order valence-electron chi connectivity index (χ3n) is 9.12. The molecule has 0 atom stereocenters. The maximum atomic E-state index is 13.0. The van der Waals surface area contributed by atoms with Crippen molar-refractivity contribution in [1.82, 2.24) is 19.9 Å². The lowest BCUT2D eigenvalue weighted by molar-refractivity contribution is 0.0696. The van der Waals surface area contributed by atoms with E-state index in [1.165, 1.54) is 56.7 Å². The van der Waals surface area contributed by atoms with Crippen molar-refractivity contribution >= 4 is 106 Å². The zero-order valence-electron chi connectivity index (χ0n) is 33.8. The number of hydrogen-bond donors (Lipinski definition) is 5. The molecule has 0 fully saturated rings. The van der Waals surface area contributed by atoms with Crippen molar-refractivity contribution in [2.45, 2.75) is 9.79 Å². The third kappa shape index (κ3) is 10.7. The van der Waals surface area contributed by atoms with Crippen LogP contribution in [-0.2, 0) is 20.0 Å². The van der Waals surface area contributed by atoms with Gasteiger partial charge in [0.05, 0.1) is 84.7 Å². The molecular formula is C44H33Cl2N9O8S2. The second-order valence-electron chi connectivity index (χ2n) is 13.4. The molecule has 5 N–H and O–H groups in total. The third-order valence-corrected chi connectivity index (χ3v) is 12.5. The minimum Gasteiger partial charge on any atom is -0.497 e. The lowest BCUT2D eigenvalue weighted by Gasteiger charge is -2.15. The second-order valence-corrected chi connectivity index (χ2v) is 17.6. The van der Waals surface area contributed by atoms with Gasteiger partial charge in [-0.2, -0.15) is 5.26 Å². The van der Waals surface area contributed by atoms with Crippen molar-refractivity contribution in [3.05, 3.63) is 155 Å². The van der Waals surface area contributed by atoms with Crippen molar-refractivity contribution in [2.24, 2.45) is 0 Å². The molecule has 0 spiro atoms. The van der Waals surface area contributed by atoms with E-state index in [-0.39, 0.29) is 44.2 Å². The molecular weight excluding hydrogens is 918 g/mol. The van der Waals surface area contributed by atoms with Gasteiger partial charge in [0, 0.05) is 12.1 Å². The Morgan fingerprint density at radius 3 is 1.40 bits per heavy atom. The molecule has 65 heavy (non-hydrogen) atoms. The molecule has 0 unspecified atom stereocenters. The summed E-state index contributed by atoms with van der Waals surface area (Å²) < 4.78 is 67.4. The highest BCUT2D eigenvalue weighted by molar-refractivity contribution is 7.93. The average molecular weight is 951 g/mol. The number of nitriles is 1. The summed E-state index contributed by atoms with van der Waals surface area (Å²) in [5.74, 6) is -0.0177. The Morgan fingerprint density at radius 2 is 0.985 bits per heavy atom. The number of benzene rings is 6. The number of methoxy groups -OCH3 is 2. The number of halogens is 2. The number of anilines is 6. The van der Waals surface area contributed by atoms with Gasteiger partial charge in [-0.15, -0.1) is 0 Å². The summed E-state index contributed by atoms with van der Waals surface area (Å²) >= 11 is 12.6. The maximum absolute atomic E-state index is 13.0. The highest BCUT2D eigenvalue weighted by Gasteiger charge is 2.22. The molecule has 21 heteroatoms. The number of sulfonamides is 2. The largest absolute Gasteiger partial charge is 0.497 e. The minimum absolute atomic E-state index is 0.0232. The van der Waals surface area contributed by atoms with E-state index in [0.717, 1.165) is 6.07 Å². The van der Waals surface area contributed by atoms with Crippen LogP contribution < -0.4 is 29.6 Å². The van der Waals surface area contributed by atoms with Gasteiger partial charge in [0.1, 0.15) is 11.5 Å². The molecule has 0 saturated heterocycles. The van der Waals surface area contributed by atoms with Gasteiger partial charge in [-0.25, -0.2) is 41.6 Å². The van der Waals surface area contributed by atoms with Crippen molar-refractivity contribution in [2.75, 3.05) is 34.3 Å². The van der Waals surface area contributed by atoms with E-state index in [0.29, 0.717) is 55.0 Å². The standard InChI is InChI=1S/C22H16ClN5O3S.C22H17ClN4O5S/c1-31-15-9-10-17(23)20(12-15)27-21-22(26-19-8-3-2-7-18(19)25-21)28-32(29,30)16-6-4-5-14(11-16)13-24;1-32-14-9-10-16(23)19(12-14)26-20-21(25-18-8-3-2-7-17(18)24-20)27-33(30,31)15-6-4-5-13(11-15)22(28)29/h2-12H,1H3,(H,25,27)(H,26,28);2-12H,1H3,(H,24,26)(H,25,27)(H,28,29). The van der Waals surface area contributed by atoms with Gasteiger partial charge >= 0.3 is 5.97 Å². The molecule has 8 aromatic rings. The molecule has 17 nitrogen and oxygen atoms in total. The van der Waals surface area contributed by atoms with Crippen LogP contribution in [0.15, 0.2) is 143 Å². The Kier molecular flexibility index (Phi) is 13.5. The lowest BCUT2D eigenvalue weighted by Crippen LogP contribution is -2.16. The van der Waals surface area contributed by atoms with Gasteiger partial charge in [-0.3, -0.25) is 9.44 Å². The van der Waals surface area contributed by atoms with E-state index < -0.39 is 26.0 Å². The van der Waals surface area contributed by atoms with Crippen LogP contribution in [0.25, 0.3) is 22.1 Å². The Morgan fingerprint density at radius 1 is 0.569 bits per heavy atom. The summed E-state index contributed by atoms with van der Waals surface area (Å²) in [6.45, 7) is 0. The highest BCUT2D eigenvalue weighted by atomic mass is 35.5. The van der Waals surface area contributed by atoms with Gasteiger partial charge < -0.3 is 25.2 Å². The van der Waals surface area contributed by atoms with Crippen LogP contribution in [-0.4, -0.2) is 62.1 Å². The Balaban J connectivity index is 0.000000194. The van der Waals surface area contributed by atoms with Crippen molar-refractivity contribution in [3.63, 3.8) is 0 Å². The fourth-order valence-corrected chi connectivity index (χ4v) is 8.37. The molecule has 0 bridgehead atoms. The summed E-state index contributed by atoms with van der Waals surface area (Å²) in [5.41, 5.74) is 2.98. The van der Waals surface area contributed by atoms with E-state index in [9.17, 15) is 26.7 Å². The second kappa shape index (κ2) is 19.3. The van der Waals surface area contributed by atoms with Gasteiger partial charge in [0.15, 0.2) is 23.3 Å². The first-order chi connectivity index (χ1) is 31.2. The van der Waals surface area contributed by atoms with Crippen LogP contribution in [0.1, 0.15) is 15.9 Å². The normalized spacial score (nSPS) is 11.1. The van der Waals surface area contributed by atoms with E-state index in [1.54, 1.807) is 84.9 Å². The van der Waals surface area contributed by atoms with Crippen LogP contribution in [0, 0.1) is 11.3 Å². The molecule has 0 amide bonds. The van der Waals surface area contributed by atoms with Crippen molar-refractivity contribution in [1.29, 1.82) is 5.26 Å². The van der Waals surface area contributed by atoms with Gasteiger partial charge in [-0.05, 0) is 84.9 Å². The Hall–Kier alpha value is -7.76. The number of nitrogens with zero attached hydrogens (tertiary/aromatic N) is 5. The first-order valence-corrected chi connectivity index (χ1v) is 22.5. The van der Waals surface area contributed by atoms with E-state index in [4.69, 9.17) is 37.9 Å². The minimum atomic E-state index is -4.19. The summed E-state index contributed by atoms with van der Waals surface area (Å²) in [6, 6.07) is 36.6. The van der Waals surface area contributed by atoms with Gasteiger partial charge in [0.2, 0.25) is 0 Å². The maximum Gasteiger partial charge on any atom is 0.335 e. The number of hydrogen-bond acceptors (Lipinski definition) is 14. The highest BCUT2D eigenvalue weighted by Crippen LogP contribution is 2.35. The summed E-state index contributed by atoms with van der Waals surface area (Å²) in [7, 11) is -5.21. The number of carbonyl (C=O) groups is 1. The lowest BCUT2D eigenvalue weighted by atomic mass is 10.2. The molecule has 328 valence electrons. The number of aromatic nitrogens is 4. The Labute approximate surface area is 381 Å². The number of fused-ring (bicyclic) bond motifs is 2. The zero-order chi connectivity index (χ0) is 46.3. The number of carboxylic acid groups (broad SMARTS) is 1. The number of aromatic carboxylic acids is 1. The van der Waals surface area contributed by atoms with Crippen LogP contribution in [0.2, 0.25) is 10.0 Å². The molecule has 2 heterocycles. The van der Waals surface area contributed by atoms with Crippen molar-refractivity contribution in [3.8, 4) is 17.6 Å². The molecule has 0 saturated carbocycles. The van der Waals surface area contributed by atoms with Gasteiger partial charge in [-0.1, -0.05) is 59.6 Å². The number of nitrogens with one attached hydrogen (secondary N) is 4. The Bertz CT molecular complexity index is 3390. The molecule has 6 aromatic carbocycles. The quantitative estimate of drug-likeness (QED) is 0.0723. The number of ether oxygens (including phenoxy) is 2. The zero-order valence-corrected chi connectivity index (χ0v) is 37.0. The molecule has 8 rings (SSSR count). The van der Waals surface area contributed by atoms with E-state index in [2.05, 4.69) is 40.0 Å². The number of rotatable bonds is 13. The first-order valence-electron chi connectivity index (χ1n) is 18.8. The number of para-hydroxylation sites is 4. The van der Waals surface area contributed by atoms with Crippen molar-refractivity contribution < 1.29 is 36.2 Å². The first kappa shape index (κ1) is 45.3. The molecule has 2 aromatic heterocycles. The predicted molar refractivity (Wildman–Crippen MR) is 248 cm³/mol. The van der Waals surface area contributed by atoms with Crippen LogP contribution in [0.5, 0.6) is 11.5 Å². The predicted octanol–water partition coefficient (Wildman–Crippen LogP) is 9.24. The molecule has 0 aliphatic heterocycles. The fraction of sp³-hybridized carbons (Fsp3) is 0.0455. The SMILES string of the molecule is COc1ccc(Cl)c(Nc2nc3ccccc3nc2NS(=O)(=O)c2cccc(C#N)c2)c1.COc1ccc(Cl)c(Nc2nc3ccccc3nc2NS(=O)(=O)c2cccc(C(=O)O)c2)c1. The monoisotopic (exact) mass is 949 g/mol. The summed E-state index contributed by atoms with van der Waals surface area (Å²) in [4.78, 5) is 28.8. The number of carboxylic acids is 1. The summed E-state index contributed by atoms with van der Waals surface area (Å²) in [6.07, 6.45) is 0. The molecule has 0 aliphatic rings. The topological polar surface area (TPSA) is 248 Å². The average Bonchev–Trinajstić information content (AvgIpc) is 3.30. The van der Waals surface area contributed by atoms with Crippen LogP contribution in [0.3, 0.4) is 0 Å². The van der Waals surface area contributed by atoms with E-state index in [1.807, 2.05) is 6.07 Å². The fourth-order valence-electron chi connectivity index (χ4n) is 5.93. The van der Waals surface area contributed by atoms with Crippen LogP contribution >= 0.6 is 23.2 Å². The van der Waals surface area contributed by atoms with E-state index >= 15 is 0 Å². The molecule has 0 radical (unpaired) electrons.